The molecule has 1 amide bonds. The molecule has 3 heterocycles. The van der Waals surface area contributed by atoms with Crippen molar-refractivity contribution in [2.45, 2.75) is 25.6 Å². The summed E-state index contributed by atoms with van der Waals surface area (Å²) in [7, 11) is -4.07. The third kappa shape index (κ3) is 6.90. The van der Waals surface area contributed by atoms with E-state index in [4.69, 9.17) is 4.74 Å². The fraction of sp³-hybridized carbons (Fsp3) is 0.206. The number of rotatable bonds is 8. The molecule has 1 fully saturated rings. The molecule has 2 atom stereocenters. The van der Waals surface area contributed by atoms with Crippen LogP contribution in [0.4, 0.5) is 30.9 Å². The Hall–Kier alpha value is -5.88. The van der Waals surface area contributed by atoms with Gasteiger partial charge in [0, 0.05) is 42.2 Å². The van der Waals surface area contributed by atoms with Gasteiger partial charge >= 0.3 is 6.09 Å². The molecule has 0 bridgehead atoms. The van der Waals surface area contributed by atoms with Crippen molar-refractivity contribution in [1.29, 1.82) is 5.26 Å². The smallest absolute Gasteiger partial charge is 0.407 e. The lowest BCUT2D eigenvalue weighted by Crippen LogP contribution is -2.49. The maximum absolute atomic E-state index is 15.7. The van der Waals surface area contributed by atoms with Crippen LogP contribution >= 0.6 is 0 Å². The molecule has 1 aliphatic heterocycles. The Labute approximate surface area is 280 Å². The van der Waals surface area contributed by atoms with Crippen molar-refractivity contribution in [1.82, 2.24) is 19.9 Å². The summed E-state index contributed by atoms with van der Waals surface area (Å²) in [6.07, 6.45) is 1.52. The molecule has 250 valence electrons. The second kappa shape index (κ2) is 13.3. The highest BCUT2D eigenvalue weighted by Gasteiger charge is 2.31. The number of likely N-dealkylation sites (tertiary alicyclic amines) is 1. The van der Waals surface area contributed by atoms with Gasteiger partial charge in [-0.3, -0.25) is 0 Å². The van der Waals surface area contributed by atoms with Crippen LogP contribution in [-0.4, -0.2) is 71.0 Å². The summed E-state index contributed by atoms with van der Waals surface area (Å²) in [6, 6.07) is 18.2. The molecule has 49 heavy (non-hydrogen) atoms. The van der Waals surface area contributed by atoms with E-state index in [0.717, 1.165) is 21.5 Å². The first-order chi connectivity index (χ1) is 23.4. The van der Waals surface area contributed by atoms with Crippen LogP contribution in [0.3, 0.4) is 0 Å². The Balaban J connectivity index is 1.38. The van der Waals surface area contributed by atoms with Gasteiger partial charge < -0.3 is 20.1 Å². The topological polar surface area (TPSA) is 162 Å². The van der Waals surface area contributed by atoms with Crippen molar-refractivity contribution in [3.63, 3.8) is 0 Å². The van der Waals surface area contributed by atoms with Gasteiger partial charge in [0.05, 0.1) is 41.4 Å². The lowest BCUT2D eigenvalue weighted by Gasteiger charge is -2.33. The monoisotopic (exact) mass is 685 g/mol. The lowest BCUT2D eigenvalue weighted by molar-refractivity contribution is 0.102. The van der Waals surface area contributed by atoms with Crippen molar-refractivity contribution in [3.8, 4) is 29.0 Å². The zero-order valence-electron chi connectivity index (χ0n) is 26.2. The predicted octanol–water partition coefficient (Wildman–Crippen LogP) is 6.40. The molecule has 2 unspecified atom stereocenters. The van der Waals surface area contributed by atoms with Crippen LogP contribution in [0.15, 0.2) is 79.1 Å². The third-order valence-corrected chi connectivity index (χ3v) is 9.00. The summed E-state index contributed by atoms with van der Waals surface area (Å²) in [5.41, 5.74) is 1.74. The number of amides is 1. The number of anilines is 3. The SMILES string of the molecule is Cc1ccc2c(N(c3ccc(C#N)cc3)S(C)(=O)=O)c(F)ccc2c1Oc1ncccc1-c1ccnc(NC2CC(F)CN(C(=O)O)C2)n1. The number of nitriles is 1. The summed E-state index contributed by atoms with van der Waals surface area (Å²) in [5.74, 6) is -0.203. The minimum Gasteiger partial charge on any atom is -0.465 e. The molecular weight excluding hydrogens is 656 g/mol. The van der Waals surface area contributed by atoms with Gasteiger partial charge in [-0.05, 0) is 67.1 Å². The van der Waals surface area contributed by atoms with Gasteiger partial charge in [-0.25, -0.2) is 41.3 Å². The van der Waals surface area contributed by atoms with Gasteiger partial charge in [-0.2, -0.15) is 5.26 Å². The molecule has 0 saturated carbocycles. The average Bonchev–Trinajstić information content (AvgIpc) is 3.07. The van der Waals surface area contributed by atoms with E-state index in [2.05, 4.69) is 20.3 Å². The molecule has 0 aliphatic carbocycles. The maximum Gasteiger partial charge on any atom is 0.407 e. The Kier molecular flexibility index (Phi) is 8.98. The van der Waals surface area contributed by atoms with Gasteiger partial charge in [0.25, 0.3) is 0 Å². The summed E-state index contributed by atoms with van der Waals surface area (Å²) >= 11 is 0. The van der Waals surface area contributed by atoms with Crippen LogP contribution in [-0.2, 0) is 10.0 Å². The molecule has 2 aromatic heterocycles. The second-order valence-corrected chi connectivity index (χ2v) is 13.3. The van der Waals surface area contributed by atoms with Crippen LogP contribution < -0.4 is 14.4 Å². The van der Waals surface area contributed by atoms with Crippen molar-refractivity contribution in [2.75, 3.05) is 29.0 Å². The molecule has 1 aliphatic rings. The molecule has 1 saturated heterocycles. The number of aromatic nitrogens is 3. The van der Waals surface area contributed by atoms with E-state index in [1.807, 2.05) is 6.07 Å². The first kappa shape index (κ1) is 33.0. The highest BCUT2D eigenvalue weighted by atomic mass is 32.2. The Morgan fingerprint density at radius 3 is 2.53 bits per heavy atom. The number of nitrogens with one attached hydrogen (secondary N) is 1. The van der Waals surface area contributed by atoms with Crippen LogP contribution in [0, 0.1) is 24.1 Å². The molecule has 2 N–H and O–H groups in total. The van der Waals surface area contributed by atoms with Crippen molar-refractivity contribution in [2.24, 2.45) is 0 Å². The molecule has 5 aromatic rings. The molecule has 15 heteroatoms. The van der Waals surface area contributed by atoms with Crippen LogP contribution in [0.1, 0.15) is 17.5 Å². The van der Waals surface area contributed by atoms with Gasteiger partial charge in [-0.15, -0.1) is 0 Å². The van der Waals surface area contributed by atoms with Gasteiger partial charge in [0.15, 0.2) is 0 Å². The van der Waals surface area contributed by atoms with E-state index in [1.165, 1.54) is 42.7 Å². The number of pyridine rings is 1. The molecule has 0 spiro atoms. The Bertz CT molecular complexity index is 2210. The standard InChI is InChI=1S/C34H29F2N7O5S/c1-20-5-10-25-26(11-12-28(36)30(25)43(49(2,46)47)24-8-6-21(17-37)7-9-24)31(20)48-32-27(4-3-14-38-32)29-13-15-39-33(41-29)40-23-16-22(35)18-42(19-23)34(44)45/h3-15,22-23H,16,18-19H2,1-2H3,(H,44,45)(H,39,40,41). The number of halogens is 2. The largest absolute Gasteiger partial charge is 0.465 e. The number of benzene rings is 3. The number of aryl methyl sites for hydroxylation is 1. The number of carbonyl (C=O) groups is 1. The molecular formula is C34H29F2N7O5S. The van der Waals surface area contributed by atoms with Gasteiger partial charge in [0.1, 0.15) is 23.4 Å². The summed E-state index contributed by atoms with van der Waals surface area (Å²) in [6.45, 7) is 1.65. The van der Waals surface area contributed by atoms with E-state index >= 15 is 4.39 Å². The van der Waals surface area contributed by atoms with Crippen LogP contribution in [0.2, 0.25) is 0 Å². The van der Waals surface area contributed by atoms with Crippen LogP contribution in [0.25, 0.3) is 22.0 Å². The van der Waals surface area contributed by atoms with Crippen LogP contribution in [0.5, 0.6) is 11.6 Å². The Morgan fingerprint density at radius 2 is 1.82 bits per heavy atom. The fourth-order valence-electron chi connectivity index (χ4n) is 5.77. The number of hydrogen-bond acceptors (Lipinski definition) is 9. The van der Waals surface area contributed by atoms with Crippen molar-refractivity contribution in [3.05, 3.63) is 96.1 Å². The van der Waals surface area contributed by atoms with Crippen molar-refractivity contribution < 1.29 is 31.8 Å². The zero-order chi connectivity index (χ0) is 34.9. The molecule has 0 radical (unpaired) electrons. The molecule has 3 aromatic carbocycles. The highest BCUT2D eigenvalue weighted by Crippen LogP contribution is 2.43. The second-order valence-electron chi connectivity index (χ2n) is 11.5. The number of fused-ring (bicyclic) bond motifs is 1. The van der Waals surface area contributed by atoms with Gasteiger partial charge in [0.2, 0.25) is 21.9 Å². The average molecular weight is 686 g/mol. The first-order valence-corrected chi connectivity index (χ1v) is 16.8. The van der Waals surface area contributed by atoms with E-state index in [9.17, 15) is 28.0 Å². The first-order valence-electron chi connectivity index (χ1n) is 15.0. The van der Waals surface area contributed by atoms with E-state index in [-0.39, 0.29) is 48.1 Å². The van der Waals surface area contributed by atoms with E-state index in [0.29, 0.717) is 33.5 Å². The normalized spacial score (nSPS) is 16.2. The minimum atomic E-state index is -4.07. The van der Waals surface area contributed by atoms with E-state index < -0.39 is 34.1 Å². The lowest BCUT2D eigenvalue weighted by atomic mass is 10.0. The quantitative estimate of drug-likeness (QED) is 0.187. The van der Waals surface area contributed by atoms with Gasteiger partial charge in [-0.1, -0.05) is 12.1 Å². The number of carboxylic acid groups (broad SMARTS) is 1. The predicted molar refractivity (Wildman–Crippen MR) is 179 cm³/mol. The maximum atomic E-state index is 15.7. The number of sulfonamides is 1. The molecule has 6 rings (SSSR count). The van der Waals surface area contributed by atoms with Crippen molar-refractivity contribution >= 4 is 44.2 Å². The fourth-order valence-corrected chi connectivity index (χ4v) is 6.79. The van der Waals surface area contributed by atoms with E-state index in [1.54, 1.807) is 37.3 Å². The minimum absolute atomic E-state index is 0.0650. The number of nitrogens with zero attached hydrogens (tertiary/aromatic N) is 6. The number of hydrogen-bond donors (Lipinski definition) is 2. The molecule has 12 nitrogen and oxygen atoms in total. The summed E-state index contributed by atoms with van der Waals surface area (Å²) in [5, 5.41) is 22.2. The number of alkyl halides is 1. The Morgan fingerprint density at radius 1 is 1.06 bits per heavy atom. The third-order valence-electron chi connectivity index (χ3n) is 7.94. The number of piperidine rings is 1. The number of ether oxygens (including phenoxy) is 1. The summed E-state index contributed by atoms with van der Waals surface area (Å²) in [4.78, 5) is 25.7. The highest BCUT2D eigenvalue weighted by molar-refractivity contribution is 7.92. The zero-order valence-corrected chi connectivity index (χ0v) is 27.0. The summed E-state index contributed by atoms with van der Waals surface area (Å²) < 4.78 is 63.5.